The van der Waals surface area contributed by atoms with Gasteiger partial charge in [0.2, 0.25) is 5.13 Å². The van der Waals surface area contributed by atoms with Crippen LogP contribution in [0.4, 0.5) is 5.13 Å². The minimum absolute atomic E-state index is 0.197. The van der Waals surface area contributed by atoms with Gasteiger partial charge in [0, 0.05) is 11.1 Å². The van der Waals surface area contributed by atoms with Gasteiger partial charge < -0.3 is 9.15 Å². The van der Waals surface area contributed by atoms with Crippen LogP contribution >= 0.6 is 23.1 Å². The normalized spacial score (nSPS) is 10.9. The van der Waals surface area contributed by atoms with Gasteiger partial charge in [-0.2, -0.15) is 0 Å². The molecule has 0 aliphatic rings. The number of anilines is 1. The van der Waals surface area contributed by atoms with Gasteiger partial charge in [-0.05, 0) is 17.7 Å². The van der Waals surface area contributed by atoms with E-state index in [1.165, 1.54) is 16.9 Å². The SMILES string of the molecule is COc1cccc2cc(C(=O)Nc3nnc(SCc4ccccc4)s3)oc12. The molecule has 0 aliphatic carbocycles. The number of rotatable bonds is 6. The zero-order chi connectivity index (χ0) is 18.6. The van der Waals surface area contributed by atoms with Crippen molar-refractivity contribution >= 4 is 45.1 Å². The minimum atomic E-state index is -0.371. The molecule has 27 heavy (non-hydrogen) atoms. The number of thioether (sulfide) groups is 1. The Morgan fingerprint density at radius 1 is 1.19 bits per heavy atom. The van der Waals surface area contributed by atoms with Crippen molar-refractivity contribution in [2.24, 2.45) is 0 Å². The van der Waals surface area contributed by atoms with Crippen LogP contribution in [0.2, 0.25) is 0 Å². The summed E-state index contributed by atoms with van der Waals surface area (Å²) in [6, 6.07) is 17.3. The highest BCUT2D eigenvalue weighted by Crippen LogP contribution is 2.30. The minimum Gasteiger partial charge on any atom is -0.493 e. The summed E-state index contributed by atoms with van der Waals surface area (Å²) in [4.78, 5) is 12.5. The standard InChI is InChI=1S/C19H15N3O3S2/c1-24-14-9-5-8-13-10-15(25-16(13)14)17(23)20-18-21-22-19(27-18)26-11-12-6-3-2-4-7-12/h2-10H,11H2,1H3,(H,20,21,23). The van der Waals surface area contributed by atoms with Crippen molar-refractivity contribution in [2.45, 2.75) is 10.1 Å². The first-order chi connectivity index (χ1) is 13.2. The molecule has 0 bridgehead atoms. The summed E-state index contributed by atoms with van der Waals surface area (Å²) in [5.41, 5.74) is 1.75. The van der Waals surface area contributed by atoms with E-state index < -0.39 is 0 Å². The van der Waals surface area contributed by atoms with Crippen molar-refractivity contribution in [1.82, 2.24) is 10.2 Å². The summed E-state index contributed by atoms with van der Waals surface area (Å²) in [7, 11) is 1.56. The van der Waals surface area contributed by atoms with E-state index in [9.17, 15) is 4.79 Å². The lowest BCUT2D eigenvalue weighted by Gasteiger charge is -1.99. The molecule has 0 aliphatic heterocycles. The second-order valence-corrected chi connectivity index (χ2v) is 7.79. The Bertz CT molecular complexity index is 1080. The van der Waals surface area contributed by atoms with Gasteiger partial charge in [-0.25, -0.2) is 0 Å². The molecule has 136 valence electrons. The average molecular weight is 397 g/mol. The number of hydrogen-bond acceptors (Lipinski definition) is 7. The number of carbonyl (C=O) groups is 1. The van der Waals surface area contributed by atoms with Crippen LogP contribution in [0.25, 0.3) is 11.0 Å². The number of hydrogen-bond donors (Lipinski definition) is 1. The zero-order valence-electron chi connectivity index (χ0n) is 14.3. The fourth-order valence-corrected chi connectivity index (χ4v) is 4.21. The number of aromatic nitrogens is 2. The van der Waals surface area contributed by atoms with Gasteiger partial charge in [0.05, 0.1) is 7.11 Å². The first-order valence-electron chi connectivity index (χ1n) is 8.11. The van der Waals surface area contributed by atoms with E-state index in [0.29, 0.717) is 16.5 Å². The number of fused-ring (bicyclic) bond motifs is 1. The van der Waals surface area contributed by atoms with Crippen molar-refractivity contribution in [3.8, 4) is 5.75 Å². The Morgan fingerprint density at radius 2 is 2.04 bits per heavy atom. The number of furan rings is 1. The summed E-state index contributed by atoms with van der Waals surface area (Å²) < 4.78 is 11.7. The summed E-state index contributed by atoms with van der Waals surface area (Å²) >= 11 is 2.91. The van der Waals surface area contributed by atoms with E-state index in [-0.39, 0.29) is 11.7 Å². The number of methoxy groups -OCH3 is 1. The molecule has 6 nitrogen and oxygen atoms in total. The van der Waals surface area contributed by atoms with Crippen molar-refractivity contribution in [3.63, 3.8) is 0 Å². The Balaban J connectivity index is 1.43. The number of benzene rings is 2. The monoisotopic (exact) mass is 397 g/mol. The molecule has 0 fully saturated rings. The van der Waals surface area contributed by atoms with E-state index in [1.54, 1.807) is 31.0 Å². The van der Waals surface area contributed by atoms with Gasteiger partial charge in [-0.1, -0.05) is 65.6 Å². The number of amides is 1. The summed E-state index contributed by atoms with van der Waals surface area (Å²) in [6.45, 7) is 0. The fraction of sp³-hybridized carbons (Fsp3) is 0.105. The number of carbonyl (C=O) groups excluding carboxylic acids is 1. The molecule has 0 saturated heterocycles. The molecule has 1 amide bonds. The molecule has 2 heterocycles. The third-order valence-electron chi connectivity index (χ3n) is 3.78. The van der Waals surface area contributed by atoms with E-state index >= 15 is 0 Å². The van der Waals surface area contributed by atoms with E-state index in [2.05, 4.69) is 27.6 Å². The lowest BCUT2D eigenvalue weighted by Crippen LogP contribution is -2.10. The zero-order valence-corrected chi connectivity index (χ0v) is 16.0. The highest BCUT2D eigenvalue weighted by atomic mass is 32.2. The Morgan fingerprint density at radius 3 is 2.85 bits per heavy atom. The van der Waals surface area contributed by atoms with Gasteiger partial charge in [-0.3, -0.25) is 10.1 Å². The highest BCUT2D eigenvalue weighted by Gasteiger charge is 2.17. The van der Waals surface area contributed by atoms with Crippen LogP contribution in [0.1, 0.15) is 16.1 Å². The summed E-state index contributed by atoms with van der Waals surface area (Å²) in [5.74, 6) is 1.21. The second-order valence-electron chi connectivity index (χ2n) is 5.59. The number of nitrogens with zero attached hydrogens (tertiary/aromatic N) is 2. The largest absolute Gasteiger partial charge is 0.493 e. The maximum Gasteiger partial charge on any atom is 0.293 e. The van der Waals surface area contributed by atoms with Crippen molar-refractivity contribution < 1.29 is 13.9 Å². The predicted molar refractivity (Wildman–Crippen MR) is 107 cm³/mol. The molecule has 0 atom stereocenters. The number of ether oxygens (including phenoxy) is 1. The maximum absolute atomic E-state index is 12.5. The maximum atomic E-state index is 12.5. The average Bonchev–Trinajstić information content (AvgIpc) is 3.33. The molecule has 8 heteroatoms. The fourth-order valence-electron chi connectivity index (χ4n) is 2.51. The smallest absolute Gasteiger partial charge is 0.293 e. The van der Waals surface area contributed by atoms with E-state index in [1.807, 2.05) is 30.3 Å². The highest BCUT2D eigenvalue weighted by molar-refractivity contribution is 8.00. The Labute approximate surface area is 163 Å². The second kappa shape index (κ2) is 7.81. The summed E-state index contributed by atoms with van der Waals surface area (Å²) in [5, 5.41) is 12.1. The molecule has 4 rings (SSSR count). The Kier molecular flexibility index (Phi) is 5.08. The van der Waals surface area contributed by atoms with Crippen LogP contribution in [0.5, 0.6) is 5.75 Å². The number of para-hydroxylation sites is 1. The van der Waals surface area contributed by atoms with E-state index in [0.717, 1.165) is 15.5 Å². The molecule has 0 saturated carbocycles. The molecular weight excluding hydrogens is 382 g/mol. The van der Waals surface area contributed by atoms with E-state index in [4.69, 9.17) is 9.15 Å². The number of nitrogens with one attached hydrogen (secondary N) is 1. The Hall–Kier alpha value is -2.84. The third kappa shape index (κ3) is 3.96. The van der Waals surface area contributed by atoms with Gasteiger partial charge in [0.25, 0.3) is 5.91 Å². The third-order valence-corrected chi connectivity index (χ3v) is 5.83. The molecule has 0 unspecified atom stereocenters. The van der Waals surface area contributed by atoms with Crippen molar-refractivity contribution in [2.75, 3.05) is 12.4 Å². The molecule has 1 N–H and O–H groups in total. The van der Waals surface area contributed by atoms with Crippen LogP contribution in [-0.4, -0.2) is 23.2 Å². The summed E-state index contributed by atoms with van der Waals surface area (Å²) in [6.07, 6.45) is 0. The van der Waals surface area contributed by atoms with Crippen LogP contribution in [0.3, 0.4) is 0 Å². The van der Waals surface area contributed by atoms with Crippen LogP contribution < -0.4 is 10.1 Å². The lowest BCUT2D eigenvalue weighted by atomic mass is 10.2. The predicted octanol–water partition coefficient (Wildman–Crippen LogP) is 4.84. The lowest BCUT2D eigenvalue weighted by molar-refractivity contribution is 0.0998. The molecule has 0 radical (unpaired) electrons. The molecule has 2 aromatic heterocycles. The first-order valence-corrected chi connectivity index (χ1v) is 9.91. The molecule has 4 aromatic rings. The van der Waals surface area contributed by atoms with Crippen LogP contribution in [0, 0.1) is 0 Å². The van der Waals surface area contributed by atoms with Crippen LogP contribution in [-0.2, 0) is 5.75 Å². The van der Waals surface area contributed by atoms with Gasteiger partial charge >= 0.3 is 0 Å². The molecule has 0 spiro atoms. The van der Waals surface area contributed by atoms with Crippen molar-refractivity contribution in [1.29, 1.82) is 0 Å². The topological polar surface area (TPSA) is 77.2 Å². The van der Waals surface area contributed by atoms with Gasteiger partial charge in [0.15, 0.2) is 21.4 Å². The van der Waals surface area contributed by atoms with Crippen LogP contribution in [0.15, 0.2) is 63.4 Å². The van der Waals surface area contributed by atoms with Gasteiger partial charge in [0.1, 0.15) is 0 Å². The quantitative estimate of drug-likeness (QED) is 0.371. The molecular formula is C19H15N3O3S2. The molecule has 2 aromatic carbocycles. The van der Waals surface area contributed by atoms with Crippen molar-refractivity contribution in [3.05, 3.63) is 65.9 Å². The first kappa shape index (κ1) is 17.6. The van der Waals surface area contributed by atoms with Gasteiger partial charge in [-0.15, -0.1) is 10.2 Å².